The smallest absolute Gasteiger partial charge is 0.408 e. The molecule has 0 spiro atoms. The van der Waals surface area contributed by atoms with Crippen molar-refractivity contribution in [2.75, 3.05) is 0 Å². The van der Waals surface area contributed by atoms with E-state index < -0.39 is 25.8 Å². The Morgan fingerprint density at radius 1 is 1.04 bits per heavy atom. The predicted octanol–water partition coefficient (Wildman–Crippen LogP) is 5.59. The lowest BCUT2D eigenvalue weighted by atomic mass is 10.0. The van der Waals surface area contributed by atoms with Crippen LogP contribution in [0.5, 0.6) is 0 Å². The molecule has 0 fully saturated rings. The molecule has 0 saturated carbocycles. The van der Waals surface area contributed by atoms with Crippen LogP contribution in [0.2, 0.25) is 23.7 Å². The summed E-state index contributed by atoms with van der Waals surface area (Å²) < 4.78 is 5.32. The molecule has 0 unspecified atom stereocenters. The van der Waals surface area contributed by atoms with Crippen LogP contribution in [-0.4, -0.2) is 31.6 Å². The second-order valence-corrected chi connectivity index (χ2v) is 15.6. The van der Waals surface area contributed by atoms with Crippen LogP contribution in [0.4, 0.5) is 4.79 Å². The molecule has 152 valence electrons. The van der Waals surface area contributed by atoms with Crippen LogP contribution in [0.3, 0.4) is 0 Å². The first-order valence-corrected chi connectivity index (χ1v) is 12.8. The Morgan fingerprint density at radius 2 is 1.56 bits per heavy atom. The lowest BCUT2D eigenvalue weighted by Gasteiger charge is -2.43. The van der Waals surface area contributed by atoms with Gasteiger partial charge in [0, 0.05) is 5.54 Å². The first-order valence-electron chi connectivity index (χ1n) is 9.72. The third-order valence-electron chi connectivity index (χ3n) is 5.59. The van der Waals surface area contributed by atoms with Gasteiger partial charge in [-0.2, -0.15) is 0 Å². The number of alkyl carbamates (subject to hydrolysis) is 1. The van der Waals surface area contributed by atoms with Gasteiger partial charge in [-0.25, -0.2) is 4.79 Å². The van der Waals surface area contributed by atoms with Crippen molar-refractivity contribution in [2.24, 2.45) is 0 Å². The van der Waals surface area contributed by atoms with E-state index in [-0.39, 0.29) is 16.4 Å². The van der Waals surface area contributed by atoms with Crippen molar-refractivity contribution >= 4 is 20.0 Å². The van der Waals surface area contributed by atoms with E-state index in [2.05, 4.69) is 51.3 Å². The zero-order valence-corrected chi connectivity index (χ0v) is 19.5. The van der Waals surface area contributed by atoms with Crippen LogP contribution in [0.25, 0.3) is 0 Å². The Bertz CT molecular complexity index is 642. The summed E-state index contributed by atoms with van der Waals surface area (Å²) in [5, 5.41) is 2.80. The van der Waals surface area contributed by atoms with Gasteiger partial charge in [-0.3, -0.25) is 4.79 Å². The molecule has 27 heavy (non-hydrogen) atoms. The summed E-state index contributed by atoms with van der Waals surface area (Å²) in [5.41, 5.74) is 0.477. The van der Waals surface area contributed by atoms with Crippen molar-refractivity contribution in [3.63, 3.8) is 0 Å². The van der Waals surface area contributed by atoms with E-state index in [4.69, 9.17) is 4.74 Å². The van der Waals surface area contributed by atoms with Gasteiger partial charge in [0.2, 0.25) is 0 Å². The standard InChI is InChI=1S/C22H37NO3Si/c1-16(23-20(25)26-21(2,3)4)19(24)18(27(8,9)22(5,6)7)15-17-13-11-10-12-14-17/h10-14,16,18H,15H2,1-9H3,(H,23,25)/t16-,18+/m1/s1. The van der Waals surface area contributed by atoms with Crippen LogP contribution >= 0.6 is 0 Å². The highest BCUT2D eigenvalue weighted by atomic mass is 28.3. The molecule has 0 bridgehead atoms. The number of ketones is 1. The highest BCUT2D eigenvalue weighted by molar-refractivity contribution is 6.84. The number of amides is 1. The molecule has 0 saturated heterocycles. The van der Waals surface area contributed by atoms with Crippen molar-refractivity contribution < 1.29 is 14.3 Å². The summed E-state index contributed by atoms with van der Waals surface area (Å²) >= 11 is 0. The molecular weight excluding hydrogens is 354 g/mol. The van der Waals surface area contributed by atoms with Crippen molar-refractivity contribution in [1.82, 2.24) is 5.32 Å². The predicted molar refractivity (Wildman–Crippen MR) is 115 cm³/mol. The molecule has 1 amide bonds. The monoisotopic (exact) mass is 391 g/mol. The lowest BCUT2D eigenvalue weighted by molar-refractivity contribution is -0.120. The molecule has 1 aromatic carbocycles. The summed E-state index contributed by atoms with van der Waals surface area (Å²) in [6.45, 7) is 18.4. The molecule has 0 heterocycles. The normalized spacial score (nSPS) is 15.0. The maximum Gasteiger partial charge on any atom is 0.408 e. The fourth-order valence-corrected chi connectivity index (χ4v) is 5.69. The van der Waals surface area contributed by atoms with Crippen LogP contribution < -0.4 is 5.32 Å². The highest BCUT2D eigenvalue weighted by Gasteiger charge is 2.46. The van der Waals surface area contributed by atoms with Crippen molar-refractivity contribution in [1.29, 1.82) is 0 Å². The van der Waals surface area contributed by atoms with E-state index >= 15 is 0 Å². The molecule has 1 rings (SSSR count). The third-order valence-corrected chi connectivity index (χ3v) is 11.7. The summed E-state index contributed by atoms with van der Waals surface area (Å²) in [6, 6.07) is 9.55. The van der Waals surface area contributed by atoms with Gasteiger partial charge in [0.05, 0.1) is 14.1 Å². The number of ether oxygens (including phenoxy) is 1. The fourth-order valence-electron chi connectivity index (χ4n) is 2.94. The van der Waals surface area contributed by atoms with Gasteiger partial charge in [-0.15, -0.1) is 0 Å². The molecule has 0 aliphatic rings. The fraction of sp³-hybridized carbons (Fsp3) is 0.636. The number of nitrogens with one attached hydrogen (secondary N) is 1. The van der Waals surface area contributed by atoms with E-state index in [1.54, 1.807) is 6.92 Å². The van der Waals surface area contributed by atoms with Crippen LogP contribution in [-0.2, 0) is 16.0 Å². The second kappa shape index (κ2) is 8.59. The van der Waals surface area contributed by atoms with Gasteiger partial charge in [0.25, 0.3) is 0 Å². The minimum absolute atomic E-state index is 0.0632. The van der Waals surface area contributed by atoms with Gasteiger partial charge in [-0.1, -0.05) is 64.2 Å². The first-order chi connectivity index (χ1) is 12.1. The first kappa shape index (κ1) is 23.4. The van der Waals surface area contributed by atoms with Crippen molar-refractivity contribution in [3.8, 4) is 0 Å². The number of carbonyl (C=O) groups excluding carboxylic acids is 2. The van der Waals surface area contributed by atoms with Gasteiger partial charge < -0.3 is 10.1 Å². The van der Waals surface area contributed by atoms with E-state index in [1.807, 2.05) is 39.0 Å². The van der Waals surface area contributed by atoms with Crippen LogP contribution in [0.1, 0.15) is 54.0 Å². The van der Waals surface area contributed by atoms with E-state index in [0.29, 0.717) is 6.42 Å². The zero-order chi connectivity index (χ0) is 21.0. The zero-order valence-electron chi connectivity index (χ0n) is 18.5. The number of hydrogen-bond acceptors (Lipinski definition) is 3. The summed E-state index contributed by atoms with van der Waals surface area (Å²) in [6.07, 6.45) is 0.160. The van der Waals surface area contributed by atoms with Gasteiger partial charge in [0.1, 0.15) is 5.60 Å². The summed E-state index contributed by atoms with van der Waals surface area (Å²) in [7, 11) is -1.98. The Balaban J connectivity index is 3.07. The van der Waals surface area contributed by atoms with Crippen molar-refractivity contribution in [2.45, 2.75) is 90.2 Å². The number of hydrogen-bond donors (Lipinski definition) is 1. The molecule has 0 aliphatic heterocycles. The van der Waals surface area contributed by atoms with Crippen LogP contribution in [0.15, 0.2) is 30.3 Å². The van der Waals surface area contributed by atoms with E-state index in [1.165, 1.54) is 0 Å². The van der Waals surface area contributed by atoms with Crippen molar-refractivity contribution in [3.05, 3.63) is 35.9 Å². The summed E-state index contributed by atoms with van der Waals surface area (Å²) in [4.78, 5) is 25.5. The number of carbonyl (C=O) groups is 2. The number of benzene rings is 1. The maximum atomic E-state index is 13.4. The molecule has 0 aliphatic carbocycles. The highest BCUT2D eigenvalue weighted by Crippen LogP contribution is 2.45. The topological polar surface area (TPSA) is 55.4 Å². The molecule has 1 N–H and O–H groups in total. The lowest BCUT2D eigenvalue weighted by Crippen LogP contribution is -2.51. The Hall–Kier alpha value is -1.62. The van der Waals surface area contributed by atoms with Gasteiger partial charge >= 0.3 is 6.09 Å². The molecule has 4 nitrogen and oxygen atoms in total. The molecule has 0 aromatic heterocycles. The van der Waals surface area contributed by atoms with Gasteiger partial charge in [0.15, 0.2) is 5.78 Å². The van der Waals surface area contributed by atoms with Crippen LogP contribution in [0, 0.1) is 0 Å². The third kappa shape index (κ3) is 6.80. The minimum Gasteiger partial charge on any atom is -0.444 e. The molecule has 1 aromatic rings. The molecule has 5 heteroatoms. The second-order valence-electron chi connectivity index (χ2n) is 9.98. The maximum absolute atomic E-state index is 13.4. The van der Waals surface area contributed by atoms with E-state index in [0.717, 1.165) is 5.56 Å². The average molecular weight is 392 g/mol. The van der Waals surface area contributed by atoms with E-state index in [9.17, 15) is 9.59 Å². The number of Topliss-reactive ketones (excluding diaryl/α,β-unsaturated/α-hetero) is 1. The number of rotatable bonds is 6. The molecule has 2 atom stereocenters. The Morgan fingerprint density at radius 3 is 2.00 bits per heavy atom. The average Bonchev–Trinajstić information content (AvgIpc) is 2.49. The largest absolute Gasteiger partial charge is 0.444 e. The van der Waals surface area contributed by atoms with Gasteiger partial charge in [-0.05, 0) is 44.7 Å². The minimum atomic E-state index is -1.98. The Labute approximate surface area is 166 Å². The summed E-state index contributed by atoms with van der Waals surface area (Å²) in [5.74, 6) is 0.0938. The molecule has 0 radical (unpaired) electrons. The molecular formula is C22H37NO3Si. The SMILES string of the molecule is C[C@@H](NC(=O)OC(C)(C)C)C(=O)[C@H](Cc1ccccc1)[Si](C)(C)C(C)(C)C. The Kier molecular flexibility index (Phi) is 7.45. The quantitative estimate of drug-likeness (QED) is 0.643.